The van der Waals surface area contributed by atoms with E-state index in [1.165, 1.54) is 0 Å². The van der Waals surface area contributed by atoms with Crippen LogP contribution < -0.4 is 4.80 Å². The quantitative estimate of drug-likeness (QED) is 0.337. The maximum atomic E-state index is 8.39. The Balaban J connectivity index is 0. The number of rotatable bonds is 1. The van der Waals surface area contributed by atoms with Crippen LogP contribution in [0, 0.1) is 0 Å². The van der Waals surface area contributed by atoms with E-state index in [1.807, 2.05) is 0 Å². The molecule has 0 bridgehead atoms. The van der Waals surface area contributed by atoms with Crippen LogP contribution >= 0.6 is 0 Å². The molecule has 0 aromatic rings. The SMILES string of the molecule is CC(C)[N+](C)(C)C.[O-][SiH3]. The van der Waals surface area contributed by atoms with E-state index in [1.54, 1.807) is 0 Å². The van der Waals surface area contributed by atoms with Crippen LogP contribution in [0.2, 0.25) is 0 Å². The Hall–Kier alpha value is 0.137. The summed E-state index contributed by atoms with van der Waals surface area (Å²) < 4.78 is 1.06. The van der Waals surface area contributed by atoms with Crippen molar-refractivity contribution in [1.82, 2.24) is 0 Å². The highest BCUT2D eigenvalue weighted by Gasteiger charge is 2.10. The highest BCUT2D eigenvalue weighted by atomic mass is 28.2. The molecule has 0 heterocycles. The molecule has 0 atom stereocenters. The topological polar surface area (TPSA) is 23.1 Å². The van der Waals surface area contributed by atoms with Gasteiger partial charge in [-0.15, -0.1) is 0 Å². The van der Waals surface area contributed by atoms with Crippen LogP contribution in [0.15, 0.2) is 0 Å². The van der Waals surface area contributed by atoms with Crippen molar-refractivity contribution >= 4 is 10.5 Å². The smallest absolute Gasteiger partial charge is 0.0827 e. The lowest BCUT2D eigenvalue weighted by molar-refractivity contribution is -0.891. The molecular formula is C6H19NOSi. The molecule has 0 spiro atoms. The fraction of sp³-hybridized carbons (Fsp3) is 1.00. The van der Waals surface area contributed by atoms with Crippen LogP contribution in [0.1, 0.15) is 13.8 Å². The van der Waals surface area contributed by atoms with Gasteiger partial charge in [0.15, 0.2) is 0 Å². The maximum Gasteiger partial charge on any atom is 0.0827 e. The minimum absolute atomic E-state index is 0.0556. The zero-order valence-electron chi connectivity index (χ0n) is 7.43. The number of nitrogens with zero attached hydrogens (tertiary/aromatic N) is 1. The van der Waals surface area contributed by atoms with Gasteiger partial charge in [-0.05, 0) is 13.8 Å². The lowest BCUT2D eigenvalue weighted by Crippen LogP contribution is -2.41. The maximum absolute atomic E-state index is 8.39. The van der Waals surface area contributed by atoms with E-state index in [0.717, 1.165) is 10.5 Å². The Morgan fingerprint density at radius 3 is 1.22 bits per heavy atom. The molecule has 58 valence electrons. The van der Waals surface area contributed by atoms with Gasteiger partial charge in [0.05, 0.1) is 27.2 Å². The average molecular weight is 149 g/mol. The van der Waals surface area contributed by atoms with Crippen molar-refractivity contribution in [3.8, 4) is 0 Å². The van der Waals surface area contributed by atoms with Gasteiger partial charge >= 0.3 is 0 Å². The second kappa shape index (κ2) is 4.96. The Bertz CT molecular complexity index is 58.6. The van der Waals surface area contributed by atoms with Crippen molar-refractivity contribution in [3.05, 3.63) is 0 Å². The largest absolute Gasteiger partial charge is 0.865 e. The number of quaternary nitrogens is 1. The van der Waals surface area contributed by atoms with Crippen LogP contribution in [0.25, 0.3) is 0 Å². The van der Waals surface area contributed by atoms with Gasteiger partial charge in [0.25, 0.3) is 0 Å². The Morgan fingerprint density at radius 2 is 1.22 bits per heavy atom. The third-order valence-corrected chi connectivity index (χ3v) is 1.55. The molecule has 0 amide bonds. The van der Waals surface area contributed by atoms with Gasteiger partial charge in [-0.1, -0.05) is 10.5 Å². The molecule has 0 saturated carbocycles. The van der Waals surface area contributed by atoms with Crippen LogP contribution in [0.4, 0.5) is 0 Å². The Labute approximate surface area is 61.6 Å². The molecule has 0 aromatic carbocycles. The molecule has 0 N–H and O–H groups in total. The molecule has 0 aliphatic rings. The van der Waals surface area contributed by atoms with Crippen molar-refractivity contribution in [2.24, 2.45) is 0 Å². The second-order valence-electron chi connectivity index (χ2n) is 3.21. The molecule has 0 unspecified atom stereocenters. The summed E-state index contributed by atoms with van der Waals surface area (Å²) in [4.78, 5) is 8.39. The van der Waals surface area contributed by atoms with Gasteiger partial charge in [-0.25, -0.2) is 0 Å². The monoisotopic (exact) mass is 149 g/mol. The summed E-state index contributed by atoms with van der Waals surface area (Å²) in [6, 6.07) is 0.736. The van der Waals surface area contributed by atoms with E-state index in [9.17, 15) is 0 Å². The summed E-state index contributed by atoms with van der Waals surface area (Å²) in [7, 11) is 6.65. The average Bonchev–Trinajstić information content (AvgIpc) is 1.69. The minimum atomic E-state index is 0.0556. The molecule has 2 nitrogen and oxygen atoms in total. The third-order valence-electron chi connectivity index (χ3n) is 1.55. The molecule has 0 saturated heterocycles. The molecule has 0 radical (unpaired) electrons. The van der Waals surface area contributed by atoms with Crippen molar-refractivity contribution in [2.75, 3.05) is 21.1 Å². The van der Waals surface area contributed by atoms with E-state index in [-0.39, 0.29) is 10.5 Å². The first-order valence-corrected chi connectivity index (χ1v) is 3.98. The van der Waals surface area contributed by atoms with Crippen molar-refractivity contribution in [1.29, 1.82) is 0 Å². The van der Waals surface area contributed by atoms with E-state index >= 15 is 0 Å². The first kappa shape index (κ1) is 11.9. The summed E-state index contributed by atoms with van der Waals surface area (Å²) in [6.07, 6.45) is 0. The lowest BCUT2D eigenvalue weighted by Gasteiger charge is -2.28. The molecule has 0 aromatic heterocycles. The summed E-state index contributed by atoms with van der Waals surface area (Å²) in [5.41, 5.74) is 0. The van der Waals surface area contributed by atoms with E-state index in [0.29, 0.717) is 0 Å². The van der Waals surface area contributed by atoms with Crippen LogP contribution in [-0.4, -0.2) is 42.2 Å². The summed E-state index contributed by atoms with van der Waals surface area (Å²) in [6.45, 7) is 4.44. The zero-order valence-corrected chi connectivity index (χ0v) is 9.43. The molecule has 0 fully saturated rings. The normalized spacial score (nSPS) is 11.0. The molecule has 0 rings (SSSR count). The summed E-state index contributed by atoms with van der Waals surface area (Å²) in [5, 5.41) is 0. The highest BCUT2D eigenvalue weighted by molar-refractivity contribution is 5.92. The standard InChI is InChI=1S/C6H16N.H3OSi/c1-6(2)7(3,4)5;1-2/h6H,1-5H3;2H3/q+1;-1. The third kappa shape index (κ3) is 8.14. The fourth-order valence-electron chi connectivity index (χ4n) is 0. The molecular weight excluding hydrogens is 130 g/mol. The highest BCUT2D eigenvalue weighted by Crippen LogP contribution is 1.97. The molecule has 0 aliphatic carbocycles. The molecule has 3 heteroatoms. The minimum Gasteiger partial charge on any atom is -0.865 e. The first-order valence-electron chi connectivity index (χ1n) is 3.16. The van der Waals surface area contributed by atoms with Gasteiger partial charge in [0.2, 0.25) is 0 Å². The zero-order chi connectivity index (χ0) is 8.08. The van der Waals surface area contributed by atoms with Crippen LogP contribution in [0.3, 0.4) is 0 Å². The first-order chi connectivity index (χ1) is 3.94. The van der Waals surface area contributed by atoms with Crippen LogP contribution in [-0.2, 0) is 0 Å². The van der Waals surface area contributed by atoms with E-state index in [2.05, 4.69) is 35.0 Å². The van der Waals surface area contributed by atoms with Crippen molar-refractivity contribution in [2.45, 2.75) is 19.9 Å². The predicted molar refractivity (Wildman–Crippen MR) is 43.1 cm³/mol. The second-order valence-corrected chi connectivity index (χ2v) is 3.21. The van der Waals surface area contributed by atoms with Gasteiger partial charge in [-0.2, -0.15) is 0 Å². The molecule has 0 aliphatic heterocycles. The van der Waals surface area contributed by atoms with E-state index in [4.69, 9.17) is 4.80 Å². The van der Waals surface area contributed by atoms with Crippen LogP contribution in [0.5, 0.6) is 0 Å². The van der Waals surface area contributed by atoms with Gasteiger partial charge in [0, 0.05) is 0 Å². The number of hydrogen-bond acceptors (Lipinski definition) is 1. The van der Waals surface area contributed by atoms with Crippen molar-refractivity contribution < 1.29 is 9.28 Å². The Morgan fingerprint density at radius 1 is 1.11 bits per heavy atom. The van der Waals surface area contributed by atoms with Crippen molar-refractivity contribution in [3.63, 3.8) is 0 Å². The van der Waals surface area contributed by atoms with E-state index < -0.39 is 0 Å². The lowest BCUT2D eigenvalue weighted by atomic mass is 10.3. The fourth-order valence-corrected chi connectivity index (χ4v) is 0. The summed E-state index contributed by atoms with van der Waals surface area (Å²) in [5.74, 6) is 0. The van der Waals surface area contributed by atoms with Gasteiger partial charge < -0.3 is 9.28 Å². The summed E-state index contributed by atoms with van der Waals surface area (Å²) >= 11 is 0. The number of hydrogen-bond donors (Lipinski definition) is 0. The predicted octanol–water partition coefficient (Wildman–Crippen LogP) is -1.27. The van der Waals surface area contributed by atoms with Gasteiger partial charge in [0.1, 0.15) is 0 Å². The molecule has 9 heavy (non-hydrogen) atoms. The van der Waals surface area contributed by atoms with Gasteiger partial charge in [-0.3, -0.25) is 0 Å². The Kier molecular flexibility index (Phi) is 6.55.